The van der Waals surface area contributed by atoms with E-state index in [2.05, 4.69) is 10.6 Å². The largest absolute Gasteiger partial charge is 0.459 e. The molecule has 2 amide bonds. The number of rotatable bonds is 7. The van der Waals surface area contributed by atoms with Gasteiger partial charge in [-0.3, -0.25) is 14.4 Å². The number of benzene rings is 2. The van der Waals surface area contributed by atoms with Crippen LogP contribution in [-0.2, 0) is 14.3 Å². The van der Waals surface area contributed by atoms with E-state index in [-0.39, 0.29) is 5.76 Å². The Hall–Kier alpha value is -3.94. The third kappa shape index (κ3) is 5.52. The molecule has 2 N–H and O–H groups in total. The van der Waals surface area contributed by atoms with Crippen molar-refractivity contribution in [3.05, 3.63) is 90.1 Å². The molecule has 1 heterocycles. The third-order valence-electron chi connectivity index (χ3n) is 3.84. The average Bonchev–Trinajstić information content (AvgIpc) is 3.27. The Morgan fingerprint density at radius 3 is 2.34 bits per heavy atom. The summed E-state index contributed by atoms with van der Waals surface area (Å²) in [7, 11) is 0. The van der Waals surface area contributed by atoms with Gasteiger partial charge in [0.15, 0.2) is 5.76 Å². The molecule has 0 spiro atoms. The Bertz CT molecular complexity index is 972. The topological polar surface area (TPSA) is 97.6 Å². The standard InChI is InChI=1S/C21H17FN2O5/c22-15-8-10-16(11-9-15)24-21(27)19(14-5-2-1-3-6-14)29-18(25)13-23-20(26)17-7-4-12-28-17/h1-12,19H,13H2,(H,23,26)(H,24,27)/t19-/m0/s1. The van der Waals surface area contributed by atoms with Crippen molar-refractivity contribution in [2.45, 2.75) is 6.10 Å². The minimum atomic E-state index is -1.26. The minimum absolute atomic E-state index is 0.0477. The van der Waals surface area contributed by atoms with Gasteiger partial charge in [-0.05, 0) is 36.4 Å². The number of halogens is 1. The molecule has 0 radical (unpaired) electrons. The Morgan fingerprint density at radius 1 is 0.966 bits per heavy atom. The summed E-state index contributed by atoms with van der Waals surface area (Å²) in [6.45, 7) is -0.452. The maximum Gasteiger partial charge on any atom is 0.326 e. The fourth-order valence-corrected chi connectivity index (χ4v) is 2.46. The predicted octanol–water partition coefficient (Wildman–Crippen LogP) is 3.07. The van der Waals surface area contributed by atoms with Crippen LogP contribution in [0.15, 0.2) is 77.4 Å². The van der Waals surface area contributed by atoms with Gasteiger partial charge in [-0.15, -0.1) is 0 Å². The second kappa shape index (κ2) is 9.32. The quantitative estimate of drug-likeness (QED) is 0.598. The van der Waals surface area contributed by atoms with Crippen LogP contribution in [0.1, 0.15) is 22.2 Å². The van der Waals surface area contributed by atoms with Gasteiger partial charge in [0.2, 0.25) is 6.10 Å². The Labute approximate surface area is 165 Å². The molecule has 29 heavy (non-hydrogen) atoms. The van der Waals surface area contributed by atoms with Crippen LogP contribution in [-0.4, -0.2) is 24.3 Å². The molecule has 0 fully saturated rings. The first-order valence-corrected chi connectivity index (χ1v) is 8.65. The van der Waals surface area contributed by atoms with Gasteiger partial charge in [-0.1, -0.05) is 30.3 Å². The molecule has 148 valence electrons. The summed E-state index contributed by atoms with van der Waals surface area (Å²) in [5, 5.41) is 4.93. The highest BCUT2D eigenvalue weighted by Crippen LogP contribution is 2.20. The molecule has 0 saturated heterocycles. The molecule has 1 atom stereocenters. The number of hydrogen-bond acceptors (Lipinski definition) is 5. The van der Waals surface area contributed by atoms with Crippen LogP contribution in [0.2, 0.25) is 0 Å². The van der Waals surface area contributed by atoms with Crippen molar-refractivity contribution < 1.29 is 27.9 Å². The molecule has 0 aliphatic carbocycles. The van der Waals surface area contributed by atoms with E-state index >= 15 is 0 Å². The Balaban J connectivity index is 1.66. The summed E-state index contributed by atoms with van der Waals surface area (Å²) in [6.07, 6.45) is 0.0765. The highest BCUT2D eigenvalue weighted by atomic mass is 19.1. The Morgan fingerprint density at radius 2 is 1.69 bits per heavy atom. The lowest BCUT2D eigenvalue weighted by atomic mass is 10.1. The summed E-state index contributed by atoms with van der Waals surface area (Å²) in [4.78, 5) is 36.7. The third-order valence-corrected chi connectivity index (χ3v) is 3.84. The smallest absolute Gasteiger partial charge is 0.326 e. The highest BCUT2D eigenvalue weighted by Gasteiger charge is 2.25. The monoisotopic (exact) mass is 396 g/mol. The van der Waals surface area contributed by atoms with E-state index in [9.17, 15) is 18.8 Å². The van der Waals surface area contributed by atoms with Gasteiger partial charge in [0.05, 0.1) is 6.26 Å². The highest BCUT2D eigenvalue weighted by molar-refractivity contribution is 5.97. The normalized spacial score (nSPS) is 11.3. The fraction of sp³-hybridized carbons (Fsp3) is 0.0952. The van der Waals surface area contributed by atoms with Crippen molar-refractivity contribution >= 4 is 23.5 Å². The van der Waals surface area contributed by atoms with Crippen molar-refractivity contribution in [1.29, 1.82) is 0 Å². The van der Waals surface area contributed by atoms with Gasteiger partial charge in [0.1, 0.15) is 12.4 Å². The lowest BCUT2D eigenvalue weighted by Crippen LogP contribution is -2.33. The molecule has 3 aromatic rings. The molecule has 0 bridgehead atoms. The molecule has 7 nitrogen and oxygen atoms in total. The van der Waals surface area contributed by atoms with E-state index < -0.39 is 36.2 Å². The second-order valence-corrected chi connectivity index (χ2v) is 5.94. The number of ether oxygens (including phenoxy) is 1. The van der Waals surface area contributed by atoms with Crippen LogP contribution in [0, 0.1) is 5.82 Å². The number of esters is 1. The lowest BCUT2D eigenvalue weighted by Gasteiger charge is -2.18. The van der Waals surface area contributed by atoms with Gasteiger partial charge in [-0.25, -0.2) is 4.39 Å². The predicted molar refractivity (Wildman–Crippen MR) is 101 cm³/mol. The van der Waals surface area contributed by atoms with E-state index in [1.54, 1.807) is 36.4 Å². The number of furan rings is 1. The van der Waals surface area contributed by atoms with Crippen LogP contribution < -0.4 is 10.6 Å². The summed E-state index contributed by atoms with van der Waals surface area (Å²) in [5.74, 6) is -2.41. The lowest BCUT2D eigenvalue weighted by molar-refractivity contribution is -0.153. The van der Waals surface area contributed by atoms with Gasteiger partial charge >= 0.3 is 5.97 Å². The van der Waals surface area contributed by atoms with Crippen LogP contribution in [0.25, 0.3) is 0 Å². The summed E-state index contributed by atoms with van der Waals surface area (Å²) in [6, 6.07) is 16.6. The molecule has 1 aromatic heterocycles. The van der Waals surface area contributed by atoms with E-state index in [1.807, 2.05) is 0 Å². The van der Waals surface area contributed by atoms with E-state index in [1.165, 1.54) is 36.6 Å². The van der Waals surface area contributed by atoms with E-state index in [0.717, 1.165) is 0 Å². The summed E-state index contributed by atoms with van der Waals surface area (Å²) >= 11 is 0. The second-order valence-electron chi connectivity index (χ2n) is 5.94. The van der Waals surface area contributed by atoms with E-state index in [4.69, 9.17) is 9.15 Å². The van der Waals surface area contributed by atoms with Crippen LogP contribution in [0.5, 0.6) is 0 Å². The van der Waals surface area contributed by atoms with Gasteiger partial charge < -0.3 is 19.8 Å². The molecule has 0 aliphatic heterocycles. The molecule has 0 unspecified atom stereocenters. The minimum Gasteiger partial charge on any atom is -0.459 e. The zero-order chi connectivity index (χ0) is 20.6. The number of nitrogens with one attached hydrogen (secondary N) is 2. The molecule has 3 rings (SSSR count). The summed E-state index contributed by atoms with van der Waals surface area (Å²) in [5.41, 5.74) is 0.789. The SMILES string of the molecule is O=C(CNC(=O)c1ccco1)O[C@H](C(=O)Nc1ccc(F)cc1)c1ccccc1. The van der Waals surface area contributed by atoms with Crippen molar-refractivity contribution in [3.8, 4) is 0 Å². The molecule has 0 aliphatic rings. The molecule has 0 saturated carbocycles. The van der Waals surface area contributed by atoms with Crippen molar-refractivity contribution in [2.75, 3.05) is 11.9 Å². The number of anilines is 1. The van der Waals surface area contributed by atoms with Crippen molar-refractivity contribution in [1.82, 2.24) is 5.32 Å². The maximum absolute atomic E-state index is 13.0. The number of hydrogen-bond donors (Lipinski definition) is 2. The number of amides is 2. The zero-order valence-electron chi connectivity index (χ0n) is 15.1. The summed E-state index contributed by atoms with van der Waals surface area (Å²) < 4.78 is 23.3. The average molecular weight is 396 g/mol. The Kier molecular flexibility index (Phi) is 6.36. The first-order valence-electron chi connectivity index (χ1n) is 8.65. The van der Waals surface area contributed by atoms with Crippen LogP contribution >= 0.6 is 0 Å². The van der Waals surface area contributed by atoms with Gasteiger partial charge in [-0.2, -0.15) is 0 Å². The van der Waals surface area contributed by atoms with E-state index in [0.29, 0.717) is 11.3 Å². The molecular weight excluding hydrogens is 379 g/mol. The van der Waals surface area contributed by atoms with Crippen molar-refractivity contribution in [3.63, 3.8) is 0 Å². The fourth-order valence-electron chi connectivity index (χ4n) is 2.46. The molecule has 2 aromatic carbocycles. The zero-order valence-corrected chi connectivity index (χ0v) is 15.1. The van der Waals surface area contributed by atoms with Gasteiger partial charge in [0, 0.05) is 11.3 Å². The first-order chi connectivity index (χ1) is 14.0. The van der Waals surface area contributed by atoms with Gasteiger partial charge in [0.25, 0.3) is 11.8 Å². The molecular formula is C21H17FN2O5. The van der Waals surface area contributed by atoms with Crippen LogP contribution in [0.4, 0.5) is 10.1 Å². The number of carbonyl (C=O) groups excluding carboxylic acids is 3. The first kappa shape index (κ1) is 19.8. The maximum atomic E-state index is 13.0. The molecule has 8 heteroatoms. The van der Waals surface area contributed by atoms with Crippen LogP contribution in [0.3, 0.4) is 0 Å². The van der Waals surface area contributed by atoms with Crippen molar-refractivity contribution in [2.24, 2.45) is 0 Å². The number of carbonyl (C=O) groups is 3.